The molecular formula is C24H26ClFN4O2S. The van der Waals surface area contributed by atoms with Crippen molar-refractivity contribution in [3.63, 3.8) is 0 Å². The summed E-state index contributed by atoms with van der Waals surface area (Å²) in [5.74, 6) is 1.16. The Morgan fingerprint density at radius 3 is 2.48 bits per heavy atom. The first-order valence-corrected chi connectivity index (χ1v) is 12.6. The minimum absolute atomic E-state index is 0.237. The van der Waals surface area contributed by atoms with Crippen molar-refractivity contribution in [2.75, 3.05) is 31.1 Å². The second-order valence-corrected chi connectivity index (χ2v) is 10.5. The molecule has 0 bridgehead atoms. The number of anilines is 1. The predicted octanol–water partition coefficient (Wildman–Crippen LogP) is 4.38. The Morgan fingerprint density at radius 2 is 1.76 bits per heavy atom. The van der Waals surface area contributed by atoms with Crippen LogP contribution >= 0.6 is 11.6 Å². The van der Waals surface area contributed by atoms with Gasteiger partial charge in [-0.25, -0.2) is 22.8 Å². The minimum atomic E-state index is -3.61. The molecule has 1 aliphatic rings. The van der Waals surface area contributed by atoms with Gasteiger partial charge in [0.05, 0.1) is 4.90 Å². The summed E-state index contributed by atoms with van der Waals surface area (Å²) in [7, 11) is -3.61. The van der Waals surface area contributed by atoms with E-state index < -0.39 is 10.0 Å². The van der Waals surface area contributed by atoms with Gasteiger partial charge in [0.25, 0.3) is 0 Å². The van der Waals surface area contributed by atoms with Gasteiger partial charge in [-0.15, -0.1) is 0 Å². The number of rotatable bonds is 5. The van der Waals surface area contributed by atoms with Gasteiger partial charge >= 0.3 is 0 Å². The van der Waals surface area contributed by atoms with Gasteiger partial charge in [0.15, 0.2) is 0 Å². The van der Waals surface area contributed by atoms with Gasteiger partial charge in [0, 0.05) is 48.9 Å². The van der Waals surface area contributed by atoms with E-state index in [0.29, 0.717) is 49.9 Å². The third-order valence-electron chi connectivity index (χ3n) is 5.78. The molecule has 0 saturated carbocycles. The van der Waals surface area contributed by atoms with Gasteiger partial charge in [0.1, 0.15) is 17.5 Å². The lowest BCUT2D eigenvalue weighted by atomic mass is 10.0. The van der Waals surface area contributed by atoms with Crippen LogP contribution in [-0.2, 0) is 16.4 Å². The summed E-state index contributed by atoms with van der Waals surface area (Å²) in [5, 5.41) is 0.497. The summed E-state index contributed by atoms with van der Waals surface area (Å²) >= 11 is 5.92. The second-order valence-electron chi connectivity index (χ2n) is 8.16. The molecule has 4 rings (SSSR count). The van der Waals surface area contributed by atoms with Crippen LogP contribution in [0.4, 0.5) is 10.2 Å². The molecule has 33 heavy (non-hydrogen) atoms. The van der Waals surface area contributed by atoms with Crippen LogP contribution in [0.15, 0.2) is 53.4 Å². The van der Waals surface area contributed by atoms with Crippen LogP contribution in [0.2, 0.25) is 5.02 Å². The molecule has 1 aromatic heterocycles. The van der Waals surface area contributed by atoms with Crippen molar-refractivity contribution in [3.05, 3.63) is 82.0 Å². The Balaban J connectivity index is 1.59. The number of hydrogen-bond acceptors (Lipinski definition) is 5. The van der Waals surface area contributed by atoms with Crippen LogP contribution in [0, 0.1) is 19.7 Å². The van der Waals surface area contributed by atoms with Crippen molar-refractivity contribution < 1.29 is 12.8 Å². The maximum atomic E-state index is 13.7. The summed E-state index contributed by atoms with van der Waals surface area (Å²) in [6, 6.07) is 12.8. The number of nitrogens with zero attached hydrogens (tertiary/aromatic N) is 4. The van der Waals surface area contributed by atoms with Gasteiger partial charge < -0.3 is 4.90 Å². The summed E-state index contributed by atoms with van der Waals surface area (Å²) in [6.45, 7) is 5.70. The van der Waals surface area contributed by atoms with E-state index in [4.69, 9.17) is 16.6 Å². The normalized spacial score (nSPS) is 15.5. The minimum Gasteiger partial charge on any atom is -0.355 e. The molecule has 1 saturated heterocycles. The lowest BCUT2D eigenvalue weighted by Gasteiger charge is -2.26. The fourth-order valence-corrected chi connectivity index (χ4v) is 5.73. The average molecular weight is 489 g/mol. The molecule has 9 heteroatoms. The van der Waals surface area contributed by atoms with Crippen molar-refractivity contribution in [2.24, 2.45) is 0 Å². The van der Waals surface area contributed by atoms with Gasteiger partial charge in [-0.3, -0.25) is 0 Å². The van der Waals surface area contributed by atoms with Gasteiger partial charge in [-0.05, 0) is 62.2 Å². The highest BCUT2D eigenvalue weighted by Gasteiger charge is 2.28. The Hall–Kier alpha value is -2.55. The Labute approximate surface area is 199 Å². The van der Waals surface area contributed by atoms with Crippen LogP contribution in [0.1, 0.15) is 29.1 Å². The first-order chi connectivity index (χ1) is 15.7. The summed E-state index contributed by atoms with van der Waals surface area (Å²) in [6.07, 6.45) is 1.16. The zero-order valence-corrected chi connectivity index (χ0v) is 20.2. The smallest absolute Gasteiger partial charge is 0.243 e. The third-order valence-corrected chi connectivity index (χ3v) is 7.94. The number of aromatic nitrogens is 2. The van der Waals surface area contributed by atoms with E-state index in [2.05, 4.69) is 9.88 Å². The molecule has 2 heterocycles. The van der Waals surface area contributed by atoms with E-state index >= 15 is 0 Å². The van der Waals surface area contributed by atoms with Crippen LogP contribution in [-0.4, -0.2) is 48.9 Å². The second kappa shape index (κ2) is 9.75. The van der Waals surface area contributed by atoms with E-state index in [-0.39, 0.29) is 10.7 Å². The Bertz CT molecular complexity index is 1250. The number of sulfonamides is 1. The molecule has 0 unspecified atom stereocenters. The molecular weight excluding hydrogens is 463 g/mol. The van der Waals surface area contributed by atoms with Crippen LogP contribution in [0.3, 0.4) is 0 Å². The fourth-order valence-electron chi connectivity index (χ4n) is 4.14. The predicted molar refractivity (Wildman–Crippen MR) is 128 cm³/mol. The monoisotopic (exact) mass is 488 g/mol. The highest BCUT2D eigenvalue weighted by molar-refractivity contribution is 7.89. The number of benzene rings is 2. The maximum absolute atomic E-state index is 13.7. The summed E-state index contributed by atoms with van der Waals surface area (Å²) in [5.41, 5.74) is 2.62. The first-order valence-electron chi connectivity index (χ1n) is 10.8. The maximum Gasteiger partial charge on any atom is 0.243 e. The molecule has 174 valence electrons. The summed E-state index contributed by atoms with van der Waals surface area (Å²) in [4.78, 5) is 11.6. The van der Waals surface area contributed by atoms with Crippen molar-refractivity contribution in [3.8, 4) is 0 Å². The van der Waals surface area contributed by atoms with E-state index in [1.54, 1.807) is 18.2 Å². The molecule has 3 aromatic rings. The number of aryl methyl sites for hydroxylation is 2. The highest BCUT2D eigenvalue weighted by Crippen LogP contribution is 2.27. The van der Waals surface area contributed by atoms with Gasteiger partial charge in [-0.2, -0.15) is 4.31 Å². The third kappa shape index (κ3) is 5.34. The average Bonchev–Trinajstić information content (AvgIpc) is 3.03. The van der Waals surface area contributed by atoms with E-state index in [1.165, 1.54) is 28.6 Å². The lowest BCUT2D eigenvalue weighted by molar-refractivity contribution is 0.433. The zero-order chi connectivity index (χ0) is 23.6. The largest absolute Gasteiger partial charge is 0.355 e. The van der Waals surface area contributed by atoms with E-state index in [1.807, 2.05) is 19.9 Å². The van der Waals surface area contributed by atoms with Crippen molar-refractivity contribution >= 4 is 27.4 Å². The topological polar surface area (TPSA) is 66.4 Å². The van der Waals surface area contributed by atoms with Crippen molar-refractivity contribution in [2.45, 2.75) is 31.6 Å². The van der Waals surface area contributed by atoms with Crippen molar-refractivity contribution in [1.29, 1.82) is 0 Å². The number of halogens is 2. The first kappa shape index (κ1) is 23.6. The van der Waals surface area contributed by atoms with Crippen LogP contribution in [0.5, 0.6) is 0 Å². The highest BCUT2D eigenvalue weighted by atomic mass is 35.5. The molecule has 0 amide bonds. The lowest BCUT2D eigenvalue weighted by Crippen LogP contribution is -2.35. The standard InChI is InChI=1S/C24H26ClFN4O2S/c1-17-23(16-19-5-3-6-21(26)15-19)24(28-18(2)27-17)29-11-4-12-30(14-13-29)33(31,32)22-9-7-20(25)8-10-22/h3,5-10,15H,4,11-14,16H2,1-2H3. The molecule has 1 aliphatic heterocycles. The Kier molecular flexibility index (Phi) is 6.97. The zero-order valence-electron chi connectivity index (χ0n) is 18.6. The van der Waals surface area contributed by atoms with E-state index in [0.717, 1.165) is 22.6 Å². The molecule has 0 radical (unpaired) electrons. The van der Waals surface area contributed by atoms with Crippen molar-refractivity contribution in [1.82, 2.24) is 14.3 Å². The SMILES string of the molecule is Cc1nc(C)c(Cc2cccc(F)c2)c(N2CCCN(S(=O)(=O)c3ccc(Cl)cc3)CC2)n1. The molecule has 2 aromatic carbocycles. The Morgan fingerprint density at radius 1 is 1.00 bits per heavy atom. The summed E-state index contributed by atoms with van der Waals surface area (Å²) < 4.78 is 41.6. The fraction of sp³-hybridized carbons (Fsp3) is 0.333. The molecule has 0 atom stereocenters. The van der Waals surface area contributed by atoms with Crippen LogP contribution < -0.4 is 4.90 Å². The molecule has 0 aliphatic carbocycles. The van der Waals surface area contributed by atoms with Gasteiger partial charge in [-0.1, -0.05) is 23.7 Å². The van der Waals surface area contributed by atoms with Crippen LogP contribution in [0.25, 0.3) is 0 Å². The molecule has 1 fully saturated rings. The quantitative estimate of drug-likeness (QED) is 0.533. The number of hydrogen-bond donors (Lipinski definition) is 0. The van der Waals surface area contributed by atoms with Gasteiger partial charge in [0.2, 0.25) is 10.0 Å². The molecule has 0 N–H and O–H groups in total. The van der Waals surface area contributed by atoms with E-state index in [9.17, 15) is 12.8 Å². The molecule has 0 spiro atoms. The molecule has 6 nitrogen and oxygen atoms in total.